The Morgan fingerprint density at radius 1 is 1.47 bits per heavy atom. The molecule has 0 atom stereocenters. The molecule has 5 nitrogen and oxygen atoms in total. The number of aromatic carboxylic acids is 1. The van der Waals surface area contributed by atoms with Gasteiger partial charge in [-0.25, -0.2) is 4.79 Å². The Morgan fingerprint density at radius 3 is 3.00 bits per heavy atom. The van der Waals surface area contributed by atoms with Crippen molar-refractivity contribution in [3.05, 3.63) is 47.8 Å². The van der Waals surface area contributed by atoms with E-state index in [0.717, 1.165) is 18.5 Å². The third-order valence-corrected chi connectivity index (χ3v) is 2.64. The minimum atomic E-state index is -0.947. The smallest absolute Gasteiger partial charge is 0.335 e. The summed E-state index contributed by atoms with van der Waals surface area (Å²) in [6, 6.07) is 6.50. The van der Waals surface area contributed by atoms with Crippen LogP contribution in [0, 0.1) is 6.92 Å². The largest absolute Gasteiger partial charge is 0.494 e. The number of aryl methyl sites for hydroxylation is 2. The normalized spacial score (nSPS) is 10.4. The Morgan fingerprint density at radius 2 is 2.32 bits per heavy atom. The van der Waals surface area contributed by atoms with Crippen LogP contribution in [0.2, 0.25) is 0 Å². The second kappa shape index (κ2) is 6.04. The Hall–Kier alpha value is -2.30. The molecule has 0 aliphatic heterocycles. The molecule has 2 rings (SSSR count). The van der Waals surface area contributed by atoms with Gasteiger partial charge in [0.2, 0.25) is 0 Å². The predicted molar refractivity (Wildman–Crippen MR) is 70.5 cm³/mol. The molecular weight excluding hydrogens is 244 g/mol. The van der Waals surface area contributed by atoms with E-state index in [4.69, 9.17) is 9.84 Å². The van der Waals surface area contributed by atoms with Crippen LogP contribution < -0.4 is 4.74 Å². The van der Waals surface area contributed by atoms with Gasteiger partial charge in [-0.2, -0.15) is 5.10 Å². The van der Waals surface area contributed by atoms with Crippen LogP contribution in [0.4, 0.5) is 0 Å². The van der Waals surface area contributed by atoms with E-state index in [1.54, 1.807) is 18.2 Å². The van der Waals surface area contributed by atoms with Gasteiger partial charge in [0, 0.05) is 19.2 Å². The summed E-state index contributed by atoms with van der Waals surface area (Å²) in [5, 5.41) is 13.0. The Balaban J connectivity index is 1.79. The van der Waals surface area contributed by atoms with Gasteiger partial charge in [0.15, 0.2) is 0 Å². The van der Waals surface area contributed by atoms with Crippen molar-refractivity contribution in [1.82, 2.24) is 9.78 Å². The first-order valence-electron chi connectivity index (χ1n) is 6.10. The maximum absolute atomic E-state index is 10.8. The first-order chi connectivity index (χ1) is 9.15. The van der Waals surface area contributed by atoms with Crippen LogP contribution in [0.5, 0.6) is 5.75 Å². The molecule has 0 amide bonds. The van der Waals surface area contributed by atoms with E-state index in [-0.39, 0.29) is 5.56 Å². The summed E-state index contributed by atoms with van der Waals surface area (Å²) < 4.78 is 7.39. The quantitative estimate of drug-likeness (QED) is 0.810. The molecule has 0 spiro atoms. The summed E-state index contributed by atoms with van der Waals surface area (Å²) in [6.45, 7) is 3.31. The molecule has 0 unspecified atom stereocenters. The van der Waals surface area contributed by atoms with E-state index in [1.165, 1.54) is 6.07 Å². The lowest BCUT2D eigenvalue weighted by Gasteiger charge is -2.06. The number of hydrogen-bond acceptors (Lipinski definition) is 3. The first-order valence-corrected chi connectivity index (χ1v) is 6.10. The zero-order valence-electron chi connectivity index (χ0n) is 10.7. The average Bonchev–Trinajstić information content (AvgIpc) is 2.81. The highest BCUT2D eigenvalue weighted by atomic mass is 16.5. The zero-order valence-corrected chi connectivity index (χ0v) is 10.7. The van der Waals surface area contributed by atoms with E-state index in [9.17, 15) is 4.79 Å². The lowest BCUT2D eigenvalue weighted by atomic mass is 10.2. The highest BCUT2D eigenvalue weighted by Gasteiger charge is 2.03. The third kappa shape index (κ3) is 3.84. The Kier molecular flexibility index (Phi) is 4.18. The van der Waals surface area contributed by atoms with E-state index in [2.05, 4.69) is 5.10 Å². The third-order valence-electron chi connectivity index (χ3n) is 2.64. The van der Waals surface area contributed by atoms with Crippen molar-refractivity contribution >= 4 is 5.97 Å². The van der Waals surface area contributed by atoms with E-state index >= 15 is 0 Å². The molecule has 0 aliphatic carbocycles. The van der Waals surface area contributed by atoms with Crippen LogP contribution in [-0.2, 0) is 6.54 Å². The highest BCUT2D eigenvalue weighted by molar-refractivity contribution is 5.87. The molecule has 5 heteroatoms. The average molecular weight is 260 g/mol. The number of benzene rings is 1. The molecule has 0 saturated carbocycles. The molecule has 0 radical (unpaired) electrons. The van der Waals surface area contributed by atoms with Gasteiger partial charge in [-0.3, -0.25) is 4.68 Å². The fourth-order valence-corrected chi connectivity index (χ4v) is 1.72. The molecular formula is C14H16N2O3. The van der Waals surface area contributed by atoms with Crippen LogP contribution in [0.3, 0.4) is 0 Å². The van der Waals surface area contributed by atoms with Crippen molar-refractivity contribution < 1.29 is 14.6 Å². The fourth-order valence-electron chi connectivity index (χ4n) is 1.72. The van der Waals surface area contributed by atoms with E-state index < -0.39 is 5.97 Å². The van der Waals surface area contributed by atoms with Crippen LogP contribution in [-0.4, -0.2) is 27.5 Å². The summed E-state index contributed by atoms with van der Waals surface area (Å²) in [7, 11) is 0. The summed E-state index contributed by atoms with van der Waals surface area (Å²) in [4.78, 5) is 10.8. The van der Waals surface area contributed by atoms with Gasteiger partial charge in [0.25, 0.3) is 0 Å². The van der Waals surface area contributed by atoms with E-state index in [0.29, 0.717) is 12.4 Å². The topological polar surface area (TPSA) is 64.4 Å². The van der Waals surface area contributed by atoms with Crippen molar-refractivity contribution in [2.24, 2.45) is 0 Å². The maximum Gasteiger partial charge on any atom is 0.335 e. The van der Waals surface area contributed by atoms with Gasteiger partial charge in [0.1, 0.15) is 5.75 Å². The standard InChI is InChI=1S/C14H16N2O3/c1-11-9-15-16(10-11)6-3-7-19-13-5-2-4-12(8-13)14(17)18/h2,4-5,8-10H,3,6-7H2,1H3,(H,17,18). The number of hydrogen-bond donors (Lipinski definition) is 1. The SMILES string of the molecule is Cc1cnn(CCCOc2cccc(C(=O)O)c2)c1. The summed E-state index contributed by atoms with van der Waals surface area (Å²) in [5.74, 6) is -0.367. The van der Waals surface area contributed by atoms with Gasteiger partial charge in [-0.05, 0) is 30.7 Å². The summed E-state index contributed by atoms with van der Waals surface area (Å²) >= 11 is 0. The lowest BCUT2D eigenvalue weighted by molar-refractivity contribution is 0.0696. The molecule has 1 N–H and O–H groups in total. The van der Waals surface area contributed by atoms with Crippen LogP contribution in [0.15, 0.2) is 36.7 Å². The molecule has 100 valence electrons. The number of carbonyl (C=O) groups is 1. The molecule has 1 aromatic heterocycles. The fraction of sp³-hybridized carbons (Fsp3) is 0.286. The summed E-state index contributed by atoms with van der Waals surface area (Å²) in [6.07, 6.45) is 4.61. The van der Waals surface area contributed by atoms with Crippen molar-refractivity contribution in [3.8, 4) is 5.75 Å². The molecule has 19 heavy (non-hydrogen) atoms. The monoisotopic (exact) mass is 260 g/mol. The molecule has 0 aliphatic rings. The van der Waals surface area contributed by atoms with Crippen molar-refractivity contribution in [2.75, 3.05) is 6.61 Å². The second-order valence-corrected chi connectivity index (χ2v) is 4.32. The molecule has 2 aromatic rings. The second-order valence-electron chi connectivity index (χ2n) is 4.32. The van der Waals surface area contributed by atoms with Crippen LogP contribution in [0.25, 0.3) is 0 Å². The van der Waals surface area contributed by atoms with Gasteiger partial charge < -0.3 is 9.84 Å². The van der Waals surface area contributed by atoms with Crippen LogP contribution >= 0.6 is 0 Å². The number of rotatable bonds is 6. The summed E-state index contributed by atoms with van der Waals surface area (Å²) in [5.41, 5.74) is 1.37. The predicted octanol–water partition coefficient (Wildman–Crippen LogP) is 2.36. The Labute approximate surface area is 111 Å². The maximum atomic E-state index is 10.8. The molecule has 0 saturated heterocycles. The van der Waals surface area contributed by atoms with Crippen LogP contribution in [0.1, 0.15) is 22.3 Å². The first kappa shape index (κ1) is 13.1. The number of nitrogens with zero attached hydrogens (tertiary/aromatic N) is 2. The van der Waals surface area contributed by atoms with Crippen molar-refractivity contribution in [3.63, 3.8) is 0 Å². The Bertz CT molecular complexity index is 563. The van der Waals surface area contributed by atoms with Gasteiger partial charge >= 0.3 is 5.97 Å². The molecule has 0 fully saturated rings. The van der Waals surface area contributed by atoms with Gasteiger partial charge in [-0.1, -0.05) is 6.07 Å². The van der Waals surface area contributed by atoms with Crippen molar-refractivity contribution in [2.45, 2.75) is 19.9 Å². The number of aromatic nitrogens is 2. The lowest BCUT2D eigenvalue weighted by Crippen LogP contribution is -2.05. The minimum Gasteiger partial charge on any atom is -0.494 e. The van der Waals surface area contributed by atoms with Gasteiger partial charge in [-0.15, -0.1) is 0 Å². The van der Waals surface area contributed by atoms with Gasteiger partial charge in [0.05, 0.1) is 18.4 Å². The zero-order chi connectivity index (χ0) is 13.7. The van der Waals surface area contributed by atoms with E-state index in [1.807, 2.05) is 24.0 Å². The highest BCUT2D eigenvalue weighted by Crippen LogP contribution is 2.13. The number of ether oxygens (including phenoxy) is 1. The molecule has 1 aromatic carbocycles. The number of carboxylic acid groups (broad SMARTS) is 1. The molecule has 0 bridgehead atoms. The number of carboxylic acids is 1. The van der Waals surface area contributed by atoms with Crippen molar-refractivity contribution in [1.29, 1.82) is 0 Å². The molecule has 1 heterocycles. The minimum absolute atomic E-state index is 0.236.